The molecule has 0 saturated heterocycles. The molecule has 0 radical (unpaired) electrons. The smallest absolute Gasteiger partial charge is 0.346 e. The van der Waals surface area contributed by atoms with Crippen LogP contribution < -0.4 is 22.3 Å². The Morgan fingerprint density at radius 3 is 2.47 bits per heavy atom. The predicted octanol–water partition coefficient (Wildman–Crippen LogP) is -0.448. The summed E-state index contributed by atoms with van der Waals surface area (Å²) in [7, 11) is 2.98. The second-order valence-corrected chi connectivity index (χ2v) is 5.29. The van der Waals surface area contributed by atoms with Gasteiger partial charge in [0.25, 0.3) is 5.56 Å². The average Bonchev–Trinajstić information content (AvgIpc) is 2.43. The van der Waals surface area contributed by atoms with Crippen LogP contribution in [0.2, 0.25) is 0 Å². The van der Waals surface area contributed by atoms with Crippen LogP contribution >= 0.6 is 0 Å². The maximum atomic E-state index is 12.1. The van der Waals surface area contributed by atoms with Gasteiger partial charge in [-0.2, -0.15) is 0 Å². The van der Waals surface area contributed by atoms with E-state index >= 15 is 0 Å². The van der Waals surface area contributed by atoms with Gasteiger partial charge in [-0.1, -0.05) is 19.3 Å². The molecule has 106 valence electrons. The first-order valence-corrected chi connectivity index (χ1v) is 6.62. The van der Waals surface area contributed by atoms with Gasteiger partial charge in [0.05, 0.1) is 5.54 Å². The molecule has 1 aliphatic carbocycles. The van der Waals surface area contributed by atoms with E-state index < -0.39 is 11.2 Å². The Morgan fingerprint density at radius 1 is 1.26 bits per heavy atom. The maximum absolute atomic E-state index is 12.1. The Balaban J connectivity index is 2.38. The first kappa shape index (κ1) is 13.8. The van der Waals surface area contributed by atoms with Gasteiger partial charge >= 0.3 is 5.69 Å². The maximum Gasteiger partial charge on any atom is 0.346 e. The van der Waals surface area contributed by atoms with Crippen LogP contribution in [0.3, 0.4) is 0 Å². The molecule has 0 amide bonds. The molecule has 2 rings (SSSR count). The standard InChI is InChI=1S/C12H21N5O2/c1-16-10(18)9(15-17(2)11(16)19)14-12(8-13)6-4-3-5-7-12/h3-8,13H2,1-2H3,(H,14,15). The van der Waals surface area contributed by atoms with Gasteiger partial charge in [0, 0.05) is 20.6 Å². The highest BCUT2D eigenvalue weighted by atomic mass is 16.2. The van der Waals surface area contributed by atoms with Crippen molar-refractivity contribution in [1.82, 2.24) is 14.3 Å². The summed E-state index contributed by atoms with van der Waals surface area (Å²) in [6, 6.07) is 0. The van der Waals surface area contributed by atoms with Crippen molar-refractivity contribution in [2.24, 2.45) is 19.8 Å². The average molecular weight is 267 g/mol. The Kier molecular flexibility index (Phi) is 3.75. The fourth-order valence-electron chi connectivity index (χ4n) is 2.64. The van der Waals surface area contributed by atoms with Crippen LogP contribution in [0.4, 0.5) is 5.82 Å². The summed E-state index contributed by atoms with van der Waals surface area (Å²) >= 11 is 0. The lowest BCUT2D eigenvalue weighted by atomic mass is 9.82. The van der Waals surface area contributed by atoms with E-state index in [9.17, 15) is 9.59 Å². The minimum absolute atomic E-state index is 0.206. The number of nitrogens with zero attached hydrogens (tertiary/aromatic N) is 3. The molecule has 0 atom stereocenters. The molecule has 1 heterocycles. The fraction of sp³-hybridized carbons (Fsp3) is 0.750. The number of nitrogens with two attached hydrogens (primary N) is 1. The molecular weight excluding hydrogens is 246 g/mol. The molecule has 1 aromatic rings. The molecule has 0 unspecified atom stereocenters. The monoisotopic (exact) mass is 267 g/mol. The highest BCUT2D eigenvalue weighted by Crippen LogP contribution is 2.29. The van der Waals surface area contributed by atoms with Crippen molar-refractivity contribution in [3.05, 3.63) is 20.8 Å². The quantitative estimate of drug-likeness (QED) is 0.773. The van der Waals surface area contributed by atoms with Gasteiger partial charge in [0.15, 0.2) is 0 Å². The summed E-state index contributed by atoms with van der Waals surface area (Å²) in [4.78, 5) is 23.7. The first-order valence-electron chi connectivity index (χ1n) is 6.62. The van der Waals surface area contributed by atoms with Crippen molar-refractivity contribution in [2.45, 2.75) is 37.6 Å². The number of hydrogen-bond donors (Lipinski definition) is 2. The van der Waals surface area contributed by atoms with Crippen molar-refractivity contribution < 1.29 is 0 Å². The molecule has 1 aromatic heterocycles. The highest BCUT2D eigenvalue weighted by molar-refractivity contribution is 5.34. The van der Waals surface area contributed by atoms with Gasteiger partial charge in [0.1, 0.15) is 0 Å². The lowest BCUT2D eigenvalue weighted by Gasteiger charge is -2.37. The van der Waals surface area contributed by atoms with Gasteiger partial charge in [-0.25, -0.2) is 9.48 Å². The van der Waals surface area contributed by atoms with Crippen LogP contribution in [0.1, 0.15) is 32.1 Å². The molecule has 7 heteroatoms. The third kappa shape index (κ3) is 2.56. The third-order valence-corrected chi connectivity index (χ3v) is 3.91. The molecule has 0 aliphatic heterocycles. The minimum atomic E-state index is -0.430. The zero-order valence-electron chi connectivity index (χ0n) is 11.5. The van der Waals surface area contributed by atoms with Crippen molar-refractivity contribution in [3.63, 3.8) is 0 Å². The van der Waals surface area contributed by atoms with E-state index in [-0.39, 0.29) is 11.4 Å². The van der Waals surface area contributed by atoms with Gasteiger partial charge in [-0.15, -0.1) is 5.10 Å². The van der Waals surface area contributed by atoms with Crippen molar-refractivity contribution in [1.29, 1.82) is 0 Å². The lowest BCUT2D eigenvalue weighted by molar-refractivity contribution is 0.328. The second kappa shape index (κ2) is 5.16. The van der Waals surface area contributed by atoms with E-state index in [0.717, 1.165) is 34.9 Å². The molecule has 19 heavy (non-hydrogen) atoms. The van der Waals surface area contributed by atoms with E-state index in [1.807, 2.05) is 0 Å². The zero-order chi connectivity index (χ0) is 14.0. The molecule has 7 nitrogen and oxygen atoms in total. The summed E-state index contributed by atoms with van der Waals surface area (Å²) < 4.78 is 2.22. The van der Waals surface area contributed by atoms with Crippen LogP contribution in [-0.4, -0.2) is 26.4 Å². The summed E-state index contributed by atoms with van der Waals surface area (Å²) in [6.07, 6.45) is 5.24. The SMILES string of the molecule is Cn1nc(NC2(CN)CCCCC2)c(=O)n(C)c1=O. The number of rotatable bonds is 3. The van der Waals surface area contributed by atoms with Gasteiger partial charge in [-0.3, -0.25) is 9.36 Å². The summed E-state index contributed by atoms with van der Waals surface area (Å²) in [5.41, 5.74) is 4.77. The third-order valence-electron chi connectivity index (χ3n) is 3.91. The van der Waals surface area contributed by atoms with E-state index in [2.05, 4.69) is 10.4 Å². The summed E-state index contributed by atoms with van der Waals surface area (Å²) in [6.45, 7) is 0.459. The number of anilines is 1. The highest BCUT2D eigenvalue weighted by Gasteiger charge is 2.32. The molecule has 0 spiro atoms. The minimum Gasteiger partial charge on any atom is -0.357 e. The van der Waals surface area contributed by atoms with Crippen LogP contribution in [0, 0.1) is 0 Å². The Morgan fingerprint density at radius 2 is 1.89 bits per heavy atom. The fourth-order valence-corrected chi connectivity index (χ4v) is 2.64. The van der Waals surface area contributed by atoms with E-state index in [1.165, 1.54) is 20.5 Å². The number of aryl methyl sites for hydroxylation is 1. The van der Waals surface area contributed by atoms with Crippen molar-refractivity contribution in [3.8, 4) is 0 Å². The van der Waals surface area contributed by atoms with Crippen LogP contribution in [0.15, 0.2) is 9.59 Å². The summed E-state index contributed by atoms with van der Waals surface area (Å²) in [5, 5.41) is 7.22. The van der Waals surface area contributed by atoms with E-state index in [1.54, 1.807) is 0 Å². The Hall–Kier alpha value is -1.63. The zero-order valence-corrected chi connectivity index (χ0v) is 11.5. The molecule has 0 bridgehead atoms. The molecule has 1 aliphatic rings. The molecule has 1 saturated carbocycles. The van der Waals surface area contributed by atoms with Gasteiger partial charge in [0.2, 0.25) is 5.82 Å². The molecule has 0 aromatic carbocycles. The van der Waals surface area contributed by atoms with E-state index in [4.69, 9.17) is 5.73 Å². The van der Waals surface area contributed by atoms with E-state index in [0.29, 0.717) is 6.54 Å². The largest absolute Gasteiger partial charge is 0.357 e. The van der Waals surface area contributed by atoms with Crippen molar-refractivity contribution in [2.75, 3.05) is 11.9 Å². The Labute approximate surface area is 111 Å². The van der Waals surface area contributed by atoms with Crippen LogP contribution in [-0.2, 0) is 14.1 Å². The molecule has 3 N–H and O–H groups in total. The summed E-state index contributed by atoms with van der Waals surface area (Å²) in [5.74, 6) is 0.206. The number of hydrogen-bond acceptors (Lipinski definition) is 5. The molecular formula is C12H21N5O2. The van der Waals surface area contributed by atoms with Gasteiger partial charge < -0.3 is 11.1 Å². The van der Waals surface area contributed by atoms with Crippen molar-refractivity contribution >= 4 is 5.82 Å². The number of nitrogens with one attached hydrogen (secondary N) is 1. The van der Waals surface area contributed by atoms with Crippen LogP contribution in [0.25, 0.3) is 0 Å². The second-order valence-electron chi connectivity index (χ2n) is 5.29. The topological polar surface area (TPSA) is 94.9 Å². The van der Waals surface area contributed by atoms with Gasteiger partial charge in [-0.05, 0) is 12.8 Å². The predicted molar refractivity (Wildman–Crippen MR) is 73.2 cm³/mol. The first-order chi connectivity index (χ1) is 8.99. The van der Waals surface area contributed by atoms with Crippen LogP contribution in [0.5, 0.6) is 0 Å². The lowest BCUT2D eigenvalue weighted by Crippen LogP contribution is -2.50. The molecule has 1 fully saturated rings. The Bertz CT molecular complexity index is 568. The number of aromatic nitrogens is 3. The normalized spacial score (nSPS) is 18.3.